The number of piperazine rings is 1. The molecule has 3 aromatic rings. The van der Waals surface area contributed by atoms with Crippen LogP contribution in [-0.4, -0.2) is 87.5 Å². The number of nitrogens with one attached hydrogen (secondary N) is 1. The topological polar surface area (TPSA) is 107 Å². The molecule has 1 atom stereocenters. The van der Waals surface area contributed by atoms with E-state index >= 15 is 4.39 Å². The summed E-state index contributed by atoms with van der Waals surface area (Å²) in [5.74, 6) is -1.98. The number of hydrogen-bond acceptors (Lipinski definition) is 10. The number of likely N-dealkylation sites (tertiary alicyclic amines) is 1. The van der Waals surface area contributed by atoms with Gasteiger partial charge >= 0.3 is 12.3 Å². The maximum absolute atomic E-state index is 15.7. The van der Waals surface area contributed by atoms with Crippen LogP contribution < -0.4 is 15.0 Å². The van der Waals surface area contributed by atoms with Crippen LogP contribution >= 0.6 is 22.9 Å². The zero-order valence-corrected chi connectivity index (χ0v) is 24.8. The number of carbonyl (C=O) groups is 1. The minimum atomic E-state index is -4.89. The summed E-state index contributed by atoms with van der Waals surface area (Å²) < 4.78 is 58.7. The third kappa shape index (κ3) is 8.46. The smallest absolute Gasteiger partial charge is 0.481 e. The molecule has 2 N–H and O–H groups in total. The molecule has 240 valence electrons. The highest BCUT2D eigenvalue weighted by Gasteiger charge is 2.32. The Morgan fingerprint density at radius 3 is 2.59 bits per heavy atom. The van der Waals surface area contributed by atoms with Gasteiger partial charge in [-0.05, 0) is 44.5 Å². The highest BCUT2D eigenvalue weighted by atomic mass is 35.5. The fourth-order valence-corrected chi connectivity index (χ4v) is 6.48. The maximum atomic E-state index is 15.7. The lowest BCUT2D eigenvalue weighted by atomic mass is 10.1. The third-order valence-electron chi connectivity index (χ3n) is 7.42. The van der Waals surface area contributed by atoms with Crippen LogP contribution in [0.2, 0.25) is 5.02 Å². The average molecular weight is 660 g/mol. The summed E-state index contributed by atoms with van der Waals surface area (Å²) in [6, 6.07) is 4.14. The van der Waals surface area contributed by atoms with Gasteiger partial charge in [0.2, 0.25) is 5.82 Å². The second-order valence-corrected chi connectivity index (χ2v) is 12.0. The number of rotatable bonds is 10. The lowest BCUT2D eigenvalue weighted by Gasteiger charge is -2.35. The predicted octanol–water partition coefficient (Wildman–Crippen LogP) is 6.25. The molecule has 16 heteroatoms. The molecule has 0 unspecified atom stereocenters. The normalized spacial score (nSPS) is 17.9. The Hall–Kier alpha value is -3.27. The van der Waals surface area contributed by atoms with Gasteiger partial charge in [-0.3, -0.25) is 14.6 Å². The number of alkyl halides is 3. The van der Waals surface area contributed by atoms with E-state index in [0.717, 1.165) is 30.3 Å². The average Bonchev–Trinajstić information content (AvgIpc) is 3.53. The SMILES string of the molecule is C.C[C@@H]1CCCN1Cc1sc(Nc2ncnc(N3CCN(CCC(=O)O)CC3)c2F)nc1-c1cc(Cl)cc(OC(F)(F)F)c1. The quantitative estimate of drug-likeness (QED) is 0.243. The van der Waals surface area contributed by atoms with Gasteiger partial charge in [0.25, 0.3) is 0 Å². The molecular weight excluding hydrogens is 626 g/mol. The van der Waals surface area contributed by atoms with E-state index in [-0.39, 0.29) is 30.5 Å². The first kappa shape index (κ1) is 33.6. The zero-order chi connectivity index (χ0) is 30.7. The van der Waals surface area contributed by atoms with Crippen LogP contribution in [0, 0.1) is 5.82 Å². The molecule has 5 rings (SSSR count). The second kappa shape index (κ2) is 14.2. The van der Waals surface area contributed by atoms with Crippen LogP contribution in [0.5, 0.6) is 5.75 Å². The van der Waals surface area contributed by atoms with E-state index in [1.165, 1.54) is 29.8 Å². The number of aliphatic carboxylic acids is 1. The molecule has 0 spiro atoms. The summed E-state index contributed by atoms with van der Waals surface area (Å²) in [6.07, 6.45) is -1.54. The number of aromatic nitrogens is 3. The van der Waals surface area contributed by atoms with Crippen molar-refractivity contribution in [1.82, 2.24) is 24.8 Å². The van der Waals surface area contributed by atoms with Crippen molar-refractivity contribution >= 4 is 45.7 Å². The van der Waals surface area contributed by atoms with Gasteiger partial charge in [-0.1, -0.05) is 30.4 Å². The van der Waals surface area contributed by atoms with Gasteiger partial charge in [0.05, 0.1) is 12.1 Å². The van der Waals surface area contributed by atoms with Crippen LogP contribution in [0.25, 0.3) is 11.3 Å². The molecular formula is C28H34ClF4N7O3S. The van der Waals surface area contributed by atoms with Crippen molar-refractivity contribution in [3.63, 3.8) is 0 Å². The highest BCUT2D eigenvalue weighted by molar-refractivity contribution is 7.16. The van der Waals surface area contributed by atoms with E-state index in [0.29, 0.717) is 61.7 Å². The van der Waals surface area contributed by atoms with Crippen molar-refractivity contribution in [2.75, 3.05) is 49.5 Å². The molecule has 0 saturated carbocycles. The van der Waals surface area contributed by atoms with Gasteiger partial charge in [-0.2, -0.15) is 4.39 Å². The number of nitrogens with zero attached hydrogens (tertiary/aromatic N) is 6. The molecule has 0 aliphatic carbocycles. The Morgan fingerprint density at radius 2 is 1.93 bits per heavy atom. The number of ether oxygens (including phenoxy) is 1. The molecule has 4 heterocycles. The number of thiazole rings is 1. The largest absolute Gasteiger partial charge is 0.573 e. The number of carboxylic acids is 1. The third-order valence-corrected chi connectivity index (χ3v) is 8.60. The minimum absolute atomic E-state index is 0. The number of carboxylic acid groups (broad SMARTS) is 1. The zero-order valence-electron chi connectivity index (χ0n) is 23.2. The van der Waals surface area contributed by atoms with E-state index in [1.54, 1.807) is 4.90 Å². The van der Waals surface area contributed by atoms with Crippen LogP contribution in [-0.2, 0) is 11.3 Å². The Balaban J connectivity index is 0.00000442. The van der Waals surface area contributed by atoms with E-state index in [2.05, 4.69) is 36.8 Å². The Bertz CT molecular complexity index is 1450. The molecule has 0 amide bonds. The summed E-state index contributed by atoms with van der Waals surface area (Å²) in [6.45, 7) is 5.96. The first-order valence-corrected chi connectivity index (χ1v) is 14.9. The van der Waals surface area contributed by atoms with E-state index in [4.69, 9.17) is 16.7 Å². The lowest BCUT2D eigenvalue weighted by Crippen LogP contribution is -2.47. The van der Waals surface area contributed by atoms with Crippen LogP contribution in [0.3, 0.4) is 0 Å². The first-order chi connectivity index (χ1) is 20.4. The lowest BCUT2D eigenvalue weighted by molar-refractivity contribution is -0.274. The summed E-state index contributed by atoms with van der Waals surface area (Å²) in [5.41, 5.74) is 0.746. The molecule has 2 aliphatic rings. The minimum Gasteiger partial charge on any atom is -0.481 e. The van der Waals surface area contributed by atoms with Crippen molar-refractivity contribution in [2.24, 2.45) is 0 Å². The molecule has 2 fully saturated rings. The molecule has 0 radical (unpaired) electrons. The fraction of sp³-hybridized carbons (Fsp3) is 0.500. The van der Waals surface area contributed by atoms with E-state index < -0.39 is 23.9 Å². The summed E-state index contributed by atoms with van der Waals surface area (Å²) in [4.78, 5) is 30.5. The first-order valence-electron chi connectivity index (χ1n) is 13.7. The van der Waals surface area contributed by atoms with Gasteiger partial charge in [-0.15, -0.1) is 13.2 Å². The van der Waals surface area contributed by atoms with Gasteiger partial charge in [0.15, 0.2) is 16.8 Å². The molecule has 1 aromatic carbocycles. The van der Waals surface area contributed by atoms with Crippen molar-refractivity contribution in [1.29, 1.82) is 0 Å². The van der Waals surface area contributed by atoms with Gasteiger partial charge in [0.1, 0.15) is 12.1 Å². The predicted molar refractivity (Wildman–Crippen MR) is 161 cm³/mol. The molecule has 0 bridgehead atoms. The van der Waals surface area contributed by atoms with Crippen molar-refractivity contribution in [2.45, 2.75) is 52.6 Å². The van der Waals surface area contributed by atoms with Gasteiger partial charge in [-0.25, -0.2) is 15.0 Å². The summed E-state index contributed by atoms with van der Waals surface area (Å²) >= 11 is 7.42. The second-order valence-electron chi connectivity index (χ2n) is 10.4. The summed E-state index contributed by atoms with van der Waals surface area (Å²) in [7, 11) is 0. The highest BCUT2D eigenvalue weighted by Crippen LogP contribution is 2.39. The Morgan fingerprint density at radius 1 is 1.18 bits per heavy atom. The van der Waals surface area contributed by atoms with Crippen molar-refractivity contribution < 1.29 is 32.2 Å². The number of benzene rings is 1. The maximum Gasteiger partial charge on any atom is 0.573 e. The molecule has 44 heavy (non-hydrogen) atoms. The van der Waals surface area contributed by atoms with Crippen molar-refractivity contribution in [3.05, 3.63) is 40.2 Å². The molecule has 10 nitrogen and oxygen atoms in total. The number of halogens is 5. The van der Waals surface area contributed by atoms with E-state index in [1.807, 2.05) is 4.90 Å². The molecule has 2 saturated heterocycles. The monoisotopic (exact) mass is 659 g/mol. The Labute approximate surface area is 261 Å². The van der Waals surface area contributed by atoms with Crippen LogP contribution in [0.4, 0.5) is 34.3 Å². The van der Waals surface area contributed by atoms with Crippen LogP contribution in [0.1, 0.15) is 38.5 Å². The van der Waals surface area contributed by atoms with Crippen LogP contribution in [0.15, 0.2) is 24.5 Å². The molecule has 2 aromatic heterocycles. The molecule has 2 aliphatic heterocycles. The van der Waals surface area contributed by atoms with E-state index in [9.17, 15) is 18.0 Å². The Kier molecular flexibility index (Phi) is 10.9. The fourth-order valence-electron chi connectivity index (χ4n) is 5.25. The number of hydrogen-bond donors (Lipinski definition) is 2. The summed E-state index contributed by atoms with van der Waals surface area (Å²) in [5, 5.41) is 12.2. The van der Waals surface area contributed by atoms with Gasteiger partial charge < -0.3 is 20.1 Å². The number of anilines is 3. The van der Waals surface area contributed by atoms with Crippen molar-refractivity contribution in [3.8, 4) is 17.0 Å². The van der Waals surface area contributed by atoms with Gasteiger partial charge in [0, 0.05) is 60.8 Å². The standard InChI is InChI=1S/C27H30ClF4N7O3S.CH4/c1-16-3-2-5-39(16)14-20-23(17-11-18(28)13-19(12-17)42-27(30,31)32)35-26(43-20)36-24-22(29)25(34-15-33-24)38-9-7-37(8-10-38)6-4-21(40)41;/h11-13,15-16H,2-10,14H2,1H3,(H,40,41)(H,33,34,35,36);1H4/t16-;/m1./s1.